The van der Waals surface area contributed by atoms with Crippen LogP contribution in [0, 0.1) is 0 Å². The zero-order chi connectivity index (χ0) is 17.3. The van der Waals surface area contributed by atoms with E-state index in [4.69, 9.17) is 0 Å². The first-order valence-corrected chi connectivity index (χ1v) is 6.40. The molecule has 0 bridgehead atoms. The first-order chi connectivity index (χ1) is 9.79. The number of hydrogen-bond acceptors (Lipinski definition) is 1. The number of halogens is 7. The maximum Gasteiger partial charge on any atom is 0.431 e. The fourth-order valence-electron chi connectivity index (χ4n) is 1.88. The van der Waals surface area contributed by atoms with Gasteiger partial charge in [-0.15, -0.1) is 0 Å². The van der Waals surface area contributed by atoms with E-state index in [1.165, 1.54) is 24.3 Å². The van der Waals surface area contributed by atoms with Gasteiger partial charge in [-0.2, -0.15) is 26.3 Å². The molecule has 8 heteroatoms. The SMILES string of the molecule is CC(C)c1ccc(C(O)CC(F)(C(F)(F)F)C(F)(F)F)cc1. The molecule has 0 spiro atoms. The van der Waals surface area contributed by atoms with Gasteiger partial charge in [0.2, 0.25) is 0 Å². The molecule has 0 heterocycles. The van der Waals surface area contributed by atoms with Crippen molar-refractivity contribution in [3.05, 3.63) is 35.4 Å². The zero-order valence-corrected chi connectivity index (χ0v) is 11.8. The van der Waals surface area contributed by atoms with E-state index in [0.29, 0.717) is 0 Å². The number of rotatable bonds is 4. The smallest absolute Gasteiger partial charge is 0.388 e. The molecule has 0 aromatic heterocycles. The van der Waals surface area contributed by atoms with Crippen LogP contribution in [0.2, 0.25) is 0 Å². The highest BCUT2D eigenvalue weighted by Gasteiger charge is 2.72. The molecule has 0 saturated carbocycles. The number of alkyl halides is 7. The van der Waals surface area contributed by atoms with Crippen molar-refractivity contribution in [3.8, 4) is 0 Å². The van der Waals surface area contributed by atoms with Crippen LogP contribution in [0.3, 0.4) is 0 Å². The minimum Gasteiger partial charge on any atom is -0.388 e. The third-order valence-electron chi connectivity index (χ3n) is 3.36. The third kappa shape index (κ3) is 3.71. The molecule has 0 radical (unpaired) electrons. The molecule has 1 unspecified atom stereocenters. The van der Waals surface area contributed by atoms with E-state index < -0.39 is 30.5 Å². The molecule has 1 N–H and O–H groups in total. The molecule has 1 aromatic carbocycles. The lowest BCUT2D eigenvalue weighted by atomic mass is 9.91. The van der Waals surface area contributed by atoms with E-state index >= 15 is 0 Å². The van der Waals surface area contributed by atoms with Crippen LogP contribution >= 0.6 is 0 Å². The van der Waals surface area contributed by atoms with Crippen molar-refractivity contribution in [1.29, 1.82) is 0 Å². The van der Waals surface area contributed by atoms with Gasteiger partial charge in [-0.3, -0.25) is 0 Å². The van der Waals surface area contributed by atoms with Crippen LogP contribution in [0.15, 0.2) is 24.3 Å². The Morgan fingerprint density at radius 2 is 1.18 bits per heavy atom. The summed E-state index contributed by atoms with van der Waals surface area (Å²) in [5, 5.41) is 9.57. The van der Waals surface area contributed by atoms with Gasteiger partial charge in [-0.05, 0) is 17.0 Å². The van der Waals surface area contributed by atoms with Crippen molar-refractivity contribution in [2.45, 2.75) is 50.3 Å². The van der Waals surface area contributed by atoms with Crippen molar-refractivity contribution >= 4 is 0 Å². The van der Waals surface area contributed by atoms with Crippen LogP contribution in [-0.4, -0.2) is 23.1 Å². The van der Waals surface area contributed by atoms with Gasteiger partial charge in [0.15, 0.2) is 0 Å². The lowest BCUT2D eigenvalue weighted by Gasteiger charge is -2.31. The van der Waals surface area contributed by atoms with E-state index in [9.17, 15) is 35.8 Å². The summed E-state index contributed by atoms with van der Waals surface area (Å²) in [5.41, 5.74) is -4.88. The summed E-state index contributed by atoms with van der Waals surface area (Å²) in [5.74, 6) is 0.0943. The predicted molar refractivity (Wildman–Crippen MR) is 66.1 cm³/mol. The Balaban J connectivity index is 3.04. The number of benzene rings is 1. The van der Waals surface area contributed by atoms with E-state index in [0.717, 1.165) is 5.56 Å². The Labute approximate surface area is 122 Å². The van der Waals surface area contributed by atoms with Crippen molar-refractivity contribution < 1.29 is 35.8 Å². The van der Waals surface area contributed by atoms with Crippen LogP contribution in [0.5, 0.6) is 0 Å². The Kier molecular flexibility index (Phi) is 5.16. The quantitative estimate of drug-likeness (QED) is 0.764. The molecule has 0 amide bonds. The van der Waals surface area contributed by atoms with E-state index in [-0.39, 0.29) is 11.5 Å². The fraction of sp³-hybridized carbons (Fsp3) is 0.571. The molecular weight excluding hydrogens is 317 g/mol. The van der Waals surface area contributed by atoms with E-state index in [2.05, 4.69) is 0 Å². The molecule has 1 atom stereocenters. The highest BCUT2D eigenvalue weighted by Crippen LogP contribution is 2.50. The van der Waals surface area contributed by atoms with Gasteiger partial charge in [-0.1, -0.05) is 38.1 Å². The molecule has 1 aromatic rings. The Morgan fingerprint density at radius 1 is 0.818 bits per heavy atom. The van der Waals surface area contributed by atoms with Crippen LogP contribution in [0.1, 0.15) is 43.4 Å². The summed E-state index contributed by atoms with van der Waals surface area (Å²) in [7, 11) is 0. The second-order valence-corrected chi connectivity index (χ2v) is 5.34. The highest BCUT2D eigenvalue weighted by molar-refractivity contribution is 5.26. The molecular formula is C14H15F7O. The molecule has 1 nitrogen and oxygen atoms in total. The topological polar surface area (TPSA) is 20.2 Å². The minimum atomic E-state index is -6.16. The largest absolute Gasteiger partial charge is 0.431 e. The highest BCUT2D eigenvalue weighted by atomic mass is 19.4. The Morgan fingerprint density at radius 3 is 1.50 bits per heavy atom. The monoisotopic (exact) mass is 332 g/mol. The average molecular weight is 332 g/mol. The second kappa shape index (κ2) is 6.06. The maximum atomic E-state index is 13.5. The second-order valence-electron chi connectivity index (χ2n) is 5.34. The molecule has 0 fully saturated rings. The van der Waals surface area contributed by atoms with Gasteiger partial charge in [-0.25, -0.2) is 4.39 Å². The average Bonchev–Trinajstić information content (AvgIpc) is 2.36. The van der Waals surface area contributed by atoms with Crippen molar-refractivity contribution in [2.75, 3.05) is 0 Å². The van der Waals surface area contributed by atoms with Gasteiger partial charge in [0.25, 0.3) is 0 Å². The summed E-state index contributed by atoms with van der Waals surface area (Å²) in [6.45, 7) is 3.68. The van der Waals surface area contributed by atoms with Crippen molar-refractivity contribution in [1.82, 2.24) is 0 Å². The molecule has 126 valence electrons. The van der Waals surface area contributed by atoms with E-state index in [1.807, 2.05) is 13.8 Å². The summed E-state index contributed by atoms with van der Waals surface area (Å²) in [6.07, 6.45) is -16.7. The van der Waals surface area contributed by atoms with Crippen LogP contribution in [0.25, 0.3) is 0 Å². The van der Waals surface area contributed by atoms with Gasteiger partial charge in [0.05, 0.1) is 6.10 Å². The molecule has 0 aliphatic heterocycles. The van der Waals surface area contributed by atoms with E-state index in [1.54, 1.807) is 0 Å². The molecule has 0 aliphatic carbocycles. The summed E-state index contributed by atoms with van der Waals surface area (Å²) < 4.78 is 88.2. The standard InChI is InChI=1S/C14H15F7O/c1-8(2)9-3-5-10(6-4-9)11(22)7-12(15,13(16,17)18)14(19,20)21/h3-6,8,11,22H,7H2,1-2H3. The molecule has 0 aliphatic rings. The lowest BCUT2D eigenvalue weighted by Crippen LogP contribution is -2.54. The summed E-state index contributed by atoms with van der Waals surface area (Å²) in [6, 6.07) is 5.30. The zero-order valence-electron chi connectivity index (χ0n) is 11.8. The first-order valence-electron chi connectivity index (χ1n) is 6.40. The van der Waals surface area contributed by atoms with Crippen LogP contribution < -0.4 is 0 Å². The maximum absolute atomic E-state index is 13.5. The molecule has 0 saturated heterocycles. The number of aliphatic hydroxyl groups excluding tert-OH is 1. The fourth-order valence-corrected chi connectivity index (χ4v) is 1.88. The minimum absolute atomic E-state index is 0.0943. The Bertz CT molecular complexity index is 473. The van der Waals surface area contributed by atoms with Gasteiger partial charge in [0.1, 0.15) is 0 Å². The normalized spacial score (nSPS) is 15.2. The van der Waals surface area contributed by atoms with Crippen LogP contribution in [0.4, 0.5) is 30.7 Å². The van der Waals surface area contributed by atoms with Gasteiger partial charge in [0, 0.05) is 6.42 Å². The van der Waals surface area contributed by atoms with Crippen molar-refractivity contribution in [2.24, 2.45) is 0 Å². The Hall–Kier alpha value is -1.31. The summed E-state index contributed by atoms with van der Waals surface area (Å²) in [4.78, 5) is 0. The third-order valence-corrected chi connectivity index (χ3v) is 3.36. The van der Waals surface area contributed by atoms with Gasteiger partial charge < -0.3 is 5.11 Å². The lowest BCUT2D eigenvalue weighted by molar-refractivity contribution is -0.347. The molecule has 1 rings (SSSR count). The first kappa shape index (κ1) is 18.7. The summed E-state index contributed by atoms with van der Waals surface area (Å²) >= 11 is 0. The van der Waals surface area contributed by atoms with Crippen LogP contribution in [-0.2, 0) is 0 Å². The number of aliphatic hydroxyl groups is 1. The van der Waals surface area contributed by atoms with Gasteiger partial charge >= 0.3 is 18.0 Å². The predicted octanol–water partition coefficient (Wildman–Crippen LogP) is 5.07. The molecule has 22 heavy (non-hydrogen) atoms. The van der Waals surface area contributed by atoms with Crippen molar-refractivity contribution in [3.63, 3.8) is 0 Å². The number of hydrogen-bond donors (Lipinski definition) is 1.